The van der Waals surface area contributed by atoms with Crippen LogP contribution in [0.25, 0.3) is 0 Å². The molecule has 0 saturated carbocycles. The largest absolute Gasteiger partial charge is 0.481 e. The maximum absolute atomic E-state index is 12.6. The summed E-state index contributed by atoms with van der Waals surface area (Å²) in [6.07, 6.45) is 1.47. The first kappa shape index (κ1) is 17.7. The van der Waals surface area contributed by atoms with Gasteiger partial charge in [0.25, 0.3) is 11.8 Å². The van der Waals surface area contributed by atoms with Gasteiger partial charge in [-0.2, -0.15) is 0 Å². The number of para-hydroxylation sites is 1. The summed E-state index contributed by atoms with van der Waals surface area (Å²) in [7, 11) is 0. The molecule has 6 nitrogen and oxygen atoms in total. The van der Waals surface area contributed by atoms with E-state index in [1.165, 1.54) is 0 Å². The van der Waals surface area contributed by atoms with Crippen molar-refractivity contribution in [2.24, 2.45) is 0 Å². The van der Waals surface area contributed by atoms with Gasteiger partial charge in [0.2, 0.25) is 0 Å². The van der Waals surface area contributed by atoms with E-state index in [1.807, 2.05) is 18.2 Å². The molecule has 0 spiro atoms. The van der Waals surface area contributed by atoms with Crippen LogP contribution >= 0.6 is 0 Å². The molecule has 134 valence electrons. The number of carboxylic acids is 1. The average molecular weight is 352 g/mol. The summed E-state index contributed by atoms with van der Waals surface area (Å²) in [6.45, 7) is 0.563. The number of hydrogen-bond donors (Lipinski definition) is 2. The molecule has 1 unspecified atom stereocenters. The van der Waals surface area contributed by atoms with Crippen LogP contribution in [0.3, 0.4) is 0 Å². The molecule has 26 heavy (non-hydrogen) atoms. The van der Waals surface area contributed by atoms with E-state index >= 15 is 0 Å². The van der Waals surface area contributed by atoms with Crippen molar-refractivity contribution in [3.63, 3.8) is 0 Å². The number of rotatable bonds is 5. The number of nitrogens with zero attached hydrogens (tertiary/aromatic N) is 1. The number of carbonyl (C=O) groups excluding carboxylic acids is 2. The van der Waals surface area contributed by atoms with Crippen LogP contribution in [-0.4, -0.2) is 40.4 Å². The predicted molar refractivity (Wildman–Crippen MR) is 97.1 cm³/mol. The summed E-state index contributed by atoms with van der Waals surface area (Å²) in [6, 6.07) is 15.3. The van der Waals surface area contributed by atoms with Crippen molar-refractivity contribution in [3.05, 3.63) is 65.7 Å². The first-order valence-corrected chi connectivity index (χ1v) is 8.54. The van der Waals surface area contributed by atoms with Crippen LogP contribution < -0.4 is 5.32 Å². The first-order valence-electron chi connectivity index (χ1n) is 8.54. The second-order valence-electron chi connectivity index (χ2n) is 6.29. The molecule has 0 radical (unpaired) electrons. The van der Waals surface area contributed by atoms with Crippen LogP contribution in [0.1, 0.15) is 40.0 Å². The summed E-state index contributed by atoms with van der Waals surface area (Å²) in [5.41, 5.74) is 1.61. The van der Waals surface area contributed by atoms with E-state index in [1.54, 1.807) is 41.3 Å². The number of likely N-dealkylation sites (tertiary alicyclic amines) is 1. The van der Waals surface area contributed by atoms with Gasteiger partial charge in [-0.05, 0) is 49.2 Å². The van der Waals surface area contributed by atoms with Gasteiger partial charge >= 0.3 is 5.97 Å². The number of carboxylic acid groups (broad SMARTS) is 1. The molecule has 2 N–H and O–H groups in total. The lowest BCUT2D eigenvalue weighted by atomic mass is 10.1. The summed E-state index contributed by atoms with van der Waals surface area (Å²) >= 11 is 0. The normalized spacial score (nSPS) is 16.3. The minimum atomic E-state index is -0.900. The Morgan fingerprint density at radius 2 is 1.65 bits per heavy atom. The van der Waals surface area contributed by atoms with Gasteiger partial charge in [0.15, 0.2) is 0 Å². The zero-order valence-electron chi connectivity index (χ0n) is 14.2. The van der Waals surface area contributed by atoms with Gasteiger partial charge in [-0.3, -0.25) is 14.4 Å². The van der Waals surface area contributed by atoms with Crippen molar-refractivity contribution in [2.45, 2.75) is 25.3 Å². The Kier molecular flexibility index (Phi) is 5.31. The lowest BCUT2D eigenvalue weighted by Crippen LogP contribution is -2.36. The Hall–Kier alpha value is -3.15. The third kappa shape index (κ3) is 4.08. The highest BCUT2D eigenvalue weighted by Crippen LogP contribution is 2.23. The lowest BCUT2D eigenvalue weighted by molar-refractivity contribution is -0.137. The molecule has 2 aromatic carbocycles. The molecule has 3 rings (SSSR count). The second kappa shape index (κ2) is 7.82. The fourth-order valence-electron chi connectivity index (χ4n) is 3.17. The zero-order valence-corrected chi connectivity index (χ0v) is 14.2. The Balaban J connectivity index is 1.68. The number of carbonyl (C=O) groups is 3. The van der Waals surface area contributed by atoms with Gasteiger partial charge in [-0.25, -0.2) is 0 Å². The Morgan fingerprint density at radius 3 is 2.31 bits per heavy atom. The van der Waals surface area contributed by atoms with Gasteiger partial charge in [-0.1, -0.05) is 18.2 Å². The van der Waals surface area contributed by atoms with Gasteiger partial charge in [0, 0.05) is 29.4 Å². The topological polar surface area (TPSA) is 86.7 Å². The first-order chi connectivity index (χ1) is 12.5. The maximum Gasteiger partial charge on any atom is 0.305 e. The summed E-state index contributed by atoms with van der Waals surface area (Å²) in [5.74, 6) is -1.34. The molecule has 1 heterocycles. The van der Waals surface area contributed by atoms with Crippen molar-refractivity contribution < 1.29 is 19.5 Å². The smallest absolute Gasteiger partial charge is 0.305 e. The highest BCUT2D eigenvalue weighted by Gasteiger charge is 2.30. The third-order valence-corrected chi connectivity index (χ3v) is 4.47. The number of hydrogen-bond acceptors (Lipinski definition) is 3. The Labute approximate surface area is 151 Å². The van der Waals surface area contributed by atoms with Gasteiger partial charge in [0.1, 0.15) is 0 Å². The molecule has 2 aromatic rings. The molecule has 1 atom stereocenters. The zero-order chi connectivity index (χ0) is 18.5. The van der Waals surface area contributed by atoms with E-state index in [-0.39, 0.29) is 24.3 Å². The van der Waals surface area contributed by atoms with Crippen LogP contribution in [0, 0.1) is 0 Å². The summed E-state index contributed by atoms with van der Waals surface area (Å²) in [5, 5.41) is 11.8. The van der Waals surface area contributed by atoms with E-state index < -0.39 is 5.97 Å². The molecule has 1 aliphatic heterocycles. The molecule has 6 heteroatoms. The van der Waals surface area contributed by atoms with Crippen LogP contribution in [0.4, 0.5) is 5.69 Å². The standard InChI is InChI=1S/C20H20N2O4/c23-18(24)13-17-7-4-12-22(17)20(26)15-10-8-14(9-11-15)19(25)21-16-5-2-1-3-6-16/h1-3,5-6,8-11,17H,4,7,12-13H2,(H,21,25)(H,23,24). The minimum absolute atomic E-state index is 0.0384. The minimum Gasteiger partial charge on any atom is -0.481 e. The van der Waals surface area contributed by atoms with E-state index in [9.17, 15) is 14.4 Å². The van der Waals surface area contributed by atoms with Gasteiger partial charge in [-0.15, -0.1) is 0 Å². The fourth-order valence-corrected chi connectivity index (χ4v) is 3.17. The van der Waals surface area contributed by atoms with Crippen molar-refractivity contribution in [2.75, 3.05) is 11.9 Å². The van der Waals surface area contributed by atoms with E-state index in [0.717, 1.165) is 6.42 Å². The maximum atomic E-state index is 12.6. The molecular formula is C20H20N2O4. The quantitative estimate of drug-likeness (QED) is 0.866. The van der Waals surface area contributed by atoms with Crippen molar-refractivity contribution >= 4 is 23.5 Å². The van der Waals surface area contributed by atoms with Crippen LogP contribution in [0.2, 0.25) is 0 Å². The highest BCUT2D eigenvalue weighted by molar-refractivity contribution is 6.05. The molecule has 0 aromatic heterocycles. The van der Waals surface area contributed by atoms with Gasteiger partial charge < -0.3 is 15.3 Å². The lowest BCUT2D eigenvalue weighted by Gasteiger charge is -2.23. The van der Waals surface area contributed by atoms with Crippen LogP contribution in [-0.2, 0) is 4.79 Å². The van der Waals surface area contributed by atoms with Crippen LogP contribution in [0.5, 0.6) is 0 Å². The van der Waals surface area contributed by atoms with E-state index in [0.29, 0.717) is 29.8 Å². The Morgan fingerprint density at radius 1 is 1.00 bits per heavy atom. The van der Waals surface area contributed by atoms with Crippen LogP contribution in [0.15, 0.2) is 54.6 Å². The Bertz CT molecular complexity index is 802. The SMILES string of the molecule is O=C(O)CC1CCCN1C(=O)c1ccc(C(=O)Nc2ccccc2)cc1. The highest BCUT2D eigenvalue weighted by atomic mass is 16.4. The van der Waals surface area contributed by atoms with E-state index in [4.69, 9.17) is 5.11 Å². The molecule has 2 amide bonds. The average Bonchev–Trinajstić information content (AvgIpc) is 3.09. The summed E-state index contributed by atoms with van der Waals surface area (Å²) < 4.78 is 0. The van der Waals surface area contributed by atoms with Crippen molar-refractivity contribution in [1.82, 2.24) is 4.90 Å². The number of amides is 2. The molecule has 1 saturated heterocycles. The molecular weight excluding hydrogens is 332 g/mol. The fraction of sp³-hybridized carbons (Fsp3) is 0.250. The number of aliphatic carboxylic acids is 1. The molecule has 0 bridgehead atoms. The predicted octanol–water partition coefficient (Wildman–Crippen LogP) is 3.02. The third-order valence-electron chi connectivity index (χ3n) is 4.47. The van der Waals surface area contributed by atoms with E-state index in [2.05, 4.69) is 5.32 Å². The van der Waals surface area contributed by atoms with Crippen molar-refractivity contribution in [1.29, 1.82) is 0 Å². The van der Waals surface area contributed by atoms with Gasteiger partial charge in [0.05, 0.1) is 6.42 Å². The number of anilines is 1. The molecule has 0 aliphatic carbocycles. The molecule has 1 aliphatic rings. The molecule has 1 fully saturated rings. The number of nitrogens with one attached hydrogen (secondary N) is 1. The number of benzene rings is 2. The second-order valence-corrected chi connectivity index (χ2v) is 6.29. The van der Waals surface area contributed by atoms with Crippen molar-refractivity contribution in [3.8, 4) is 0 Å². The monoisotopic (exact) mass is 352 g/mol. The summed E-state index contributed by atoms with van der Waals surface area (Å²) in [4.78, 5) is 37.5.